The van der Waals surface area contributed by atoms with Crippen molar-refractivity contribution in [1.82, 2.24) is 9.97 Å². The lowest BCUT2D eigenvalue weighted by molar-refractivity contribution is 0.569. The van der Waals surface area contributed by atoms with Gasteiger partial charge in [0.25, 0.3) is 0 Å². The van der Waals surface area contributed by atoms with Crippen LogP contribution >= 0.6 is 15.9 Å². The Balaban J connectivity index is 2.01. The van der Waals surface area contributed by atoms with Gasteiger partial charge in [0.15, 0.2) is 0 Å². The van der Waals surface area contributed by atoms with Crippen LogP contribution in [0.2, 0.25) is 0 Å². The molecule has 2 aromatic rings. The zero-order valence-corrected chi connectivity index (χ0v) is 11.2. The van der Waals surface area contributed by atoms with E-state index in [-0.39, 0.29) is 0 Å². The Bertz CT molecular complexity index is 535. The van der Waals surface area contributed by atoms with Crippen LogP contribution in [-0.4, -0.2) is 23.1 Å². The quantitative estimate of drug-likeness (QED) is 0.807. The fourth-order valence-corrected chi connectivity index (χ4v) is 2.71. The molecule has 4 heteroatoms. The summed E-state index contributed by atoms with van der Waals surface area (Å²) >= 11 is 3.52. The predicted octanol–water partition coefficient (Wildman–Crippen LogP) is 3.38. The van der Waals surface area contributed by atoms with E-state index in [0.29, 0.717) is 0 Å². The SMILES string of the molecule is Brc1cccc2nc(N3CCCCC3)ncc12. The van der Waals surface area contributed by atoms with E-state index in [2.05, 4.69) is 30.8 Å². The third-order valence-electron chi connectivity index (χ3n) is 3.20. The van der Waals surface area contributed by atoms with Crippen LogP contribution in [0.5, 0.6) is 0 Å². The molecule has 0 amide bonds. The highest BCUT2D eigenvalue weighted by Gasteiger charge is 2.13. The zero-order chi connectivity index (χ0) is 11.7. The highest BCUT2D eigenvalue weighted by molar-refractivity contribution is 9.10. The van der Waals surface area contributed by atoms with Crippen molar-refractivity contribution in [2.45, 2.75) is 19.3 Å². The monoisotopic (exact) mass is 291 g/mol. The second-order valence-electron chi connectivity index (χ2n) is 4.39. The van der Waals surface area contributed by atoms with E-state index in [1.807, 2.05) is 24.4 Å². The first-order chi connectivity index (χ1) is 8.34. The number of aromatic nitrogens is 2. The van der Waals surface area contributed by atoms with E-state index in [1.54, 1.807) is 0 Å². The molecular formula is C13H14BrN3. The van der Waals surface area contributed by atoms with Crippen molar-refractivity contribution in [1.29, 1.82) is 0 Å². The number of hydrogen-bond donors (Lipinski definition) is 0. The molecule has 17 heavy (non-hydrogen) atoms. The van der Waals surface area contributed by atoms with Crippen molar-refractivity contribution < 1.29 is 0 Å². The summed E-state index contributed by atoms with van der Waals surface area (Å²) in [6, 6.07) is 6.07. The molecular weight excluding hydrogens is 278 g/mol. The van der Waals surface area contributed by atoms with Gasteiger partial charge in [-0.1, -0.05) is 22.0 Å². The Labute approximate surface area is 109 Å². The van der Waals surface area contributed by atoms with E-state index in [0.717, 1.165) is 34.4 Å². The highest BCUT2D eigenvalue weighted by Crippen LogP contribution is 2.24. The molecule has 0 unspecified atom stereocenters. The van der Waals surface area contributed by atoms with Gasteiger partial charge < -0.3 is 4.90 Å². The normalized spacial score (nSPS) is 16.4. The van der Waals surface area contributed by atoms with Gasteiger partial charge in [0, 0.05) is 29.1 Å². The van der Waals surface area contributed by atoms with Crippen molar-refractivity contribution in [3.63, 3.8) is 0 Å². The Morgan fingerprint density at radius 3 is 2.76 bits per heavy atom. The van der Waals surface area contributed by atoms with Gasteiger partial charge in [0.05, 0.1) is 5.52 Å². The molecule has 0 N–H and O–H groups in total. The molecule has 0 radical (unpaired) electrons. The van der Waals surface area contributed by atoms with E-state index in [9.17, 15) is 0 Å². The minimum atomic E-state index is 0.871. The molecule has 0 aliphatic carbocycles. The maximum absolute atomic E-state index is 4.64. The second-order valence-corrected chi connectivity index (χ2v) is 5.24. The summed E-state index contributed by atoms with van der Waals surface area (Å²) in [5.74, 6) is 0.871. The molecule has 0 spiro atoms. The van der Waals surface area contributed by atoms with Gasteiger partial charge in [-0.25, -0.2) is 9.97 Å². The van der Waals surface area contributed by atoms with Gasteiger partial charge in [-0.15, -0.1) is 0 Å². The molecule has 1 saturated heterocycles. The summed E-state index contributed by atoms with van der Waals surface area (Å²) in [6.45, 7) is 2.17. The Morgan fingerprint density at radius 1 is 1.12 bits per heavy atom. The number of hydrogen-bond acceptors (Lipinski definition) is 3. The van der Waals surface area contributed by atoms with Crippen molar-refractivity contribution in [3.8, 4) is 0 Å². The molecule has 2 heterocycles. The van der Waals surface area contributed by atoms with E-state index < -0.39 is 0 Å². The number of halogens is 1. The number of benzene rings is 1. The topological polar surface area (TPSA) is 29.0 Å². The van der Waals surface area contributed by atoms with E-state index >= 15 is 0 Å². The third-order valence-corrected chi connectivity index (χ3v) is 3.89. The van der Waals surface area contributed by atoms with Gasteiger partial charge in [-0.2, -0.15) is 0 Å². The van der Waals surface area contributed by atoms with E-state index in [4.69, 9.17) is 0 Å². The molecule has 88 valence electrons. The first-order valence-corrected chi connectivity index (χ1v) is 6.80. The fourth-order valence-electron chi connectivity index (χ4n) is 2.26. The smallest absolute Gasteiger partial charge is 0.225 e. The summed E-state index contributed by atoms with van der Waals surface area (Å²) < 4.78 is 1.06. The number of anilines is 1. The maximum atomic E-state index is 4.64. The first kappa shape index (κ1) is 11.0. The first-order valence-electron chi connectivity index (χ1n) is 6.01. The standard InChI is InChI=1S/C13H14BrN3/c14-11-5-4-6-12-10(11)9-15-13(16-12)17-7-2-1-3-8-17/h4-6,9H,1-3,7-8H2. The summed E-state index contributed by atoms with van der Waals surface area (Å²) in [5, 5.41) is 1.08. The lowest BCUT2D eigenvalue weighted by Crippen LogP contribution is -2.30. The van der Waals surface area contributed by atoms with Crippen LogP contribution in [0, 0.1) is 0 Å². The second kappa shape index (κ2) is 4.61. The maximum Gasteiger partial charge on any atom is 0.225 e. The number of nitrogens with zero attached hydrogens (tertiary/aromatic N) is 3. The molecule has 1 aromatic carbocycles. The van der Waals surface area contributed by atoms with Crippen LogP contribution in [0.25, 0.3) is 10.9 Å². The van der Waals surface area contributed by atoms with Crippen molar-refractivity contribution in [3.05, 3.63) is 28.9 Å². The van der Waals surface area contributed by atoms with Gasteiger partial charge in [0.1, 0.15) is 0 Å². The number of rotatable bonds is 1. The van der Waals surface area contributed by atoms with Crippen LogP contribution in [0.15, 0.2) is 28.9 Å². The van der Waals surface area contributed by atoms with Crippen molar-refractivity contribution in [2.75, 3.05) is 18.0 Å². The molecule has 3 nitrogen and oxygen atoms in total. The Hall–Kier alpha value is -1.16. The van der Waals surface area contributed by atoms with Crippen LogP contribution in [0.1, 0.15) is 19.3 Å². The third kappa shape index (κ3) is 2.14. The van der Waals surface area contributed by atoms with Gasteiger partial charge in [-0.3, -0.25) is 0 Å². The molecule has 1 aromatic heterocycles. The molecule has 1 aliphatic rings. The van der Waals surface area contributed by atoms with Gasteiger partial charge in [-0.05, 0) is 31.4 Å². The molecule has 0 bridgehead atoms. The van der Waals surface area contributed by atoms with Crippen LogP contribution < -0.4 is 4.90 Å². The number of piperidine rings is 1. The Kier molecular flexibility index (Phi) is 2.97. The molecule has 1 aliphatic heterocycles. The van der Waals surface area contributed by atoms with Crippen molar-refractivity contribution >= 4 is 32.8 Å². The predicted molar refractivity (Wildman–Crippen MR) is 73.3 cm³/mol. The lowest BCUT2D eigenvalue weighted by atomic mass is 10.1. The van der Waals surface area contributed by atoms with Crippen LogP contribution in [0.4, 0.5) is 5.95 Å². The summed E-state index contributed by atoms with van der Waals surface area (Å²) in [4.78, 5) is 11.4. The van der Waals surface area contributed by atoms with Crippen LogP contribution in [-0.2, 0) is 0 Å². The summed E-state index contributed by atoms with van der Waals surface area (Å²) in [5.41, 5.74) is 1.01. The van der Waals surface area contributed by atoms with Crippen molar-refractivity contribution in [2.24, 2.45) is 0 Å². The summed E-state index contributed by atoms with van der Waals surface area (Å²) in [7, 11) is 0. The molecule has 1 fully saturated rings. The average Bonchev–Trinajstić information content (AvgIpc) is 2.40. The molecule has 3 rings (SSSR count). The van der Waals surface area contributed by atoms with E-state index in [1.165, 1.54) is 19.3 Å². The van der Waals surface area contributed by atoms with Gasteiger partial charge in [0.2, 0.25) is 5.95 Å². The summed E-state index contributed by atoms with van der Waals surface area (Å²) in [6.07, 6.45) is 5.74. The molecule has 0 atom stereocenters. The van der Waals surface area contributed by atoms with Crippen LogP contribution in [0.3, 0.4) is 0 Å². The minimum absolute atomic E-state index is 0.871. The highest BCUT2D eigenvalue weighted by atomic mass is 79.9. The largest absolute Gasteiger partial charge is 0.341 e. The Morgan fingerprint density at radius 2 is 1.94 bits per heavy atom. The fraction of sp³-hybridized carbons (Fsp3) is 0.385. The zero-order valence-electron chi connectivity index (χ0n) is 9.56. The minimum Gasteiger partial charge on any atom is -0.341 e. The lowest BCUT2D eigenvalue weighted by Gasteiger charge is -2.26. The van der Waals surface area contributed by atoms with Gasteiger partial charge >= 0.3 is 0 Å². The average molecular weight is 292 g/mol. The number of fused-ring (bicyclic) bond motifs is 1. The molecule has 0 saturated carbocycles.